The minimum Gasteiger partial charge on any atom is -0.299 e. The van der Waals surface area contributed by atoms with Crippen molar-refractivity contribution < 1.29 is 9.59 Å². The van der Waals surface area contributed by atoms with Gasteiger partial charge in [0.05, 0.1) is 11.2 Å². The van der Waals surface area contributed by atoms with Crippen LogP contribution in [0.15, 0.2) is 24.3 Å². The van der Waals surface area contributed by atoms with Crippen molar-refractivity contribution in [2.24, 2.45) is 5.92 Å². The van der Waals surface area contributed by atoms with Gasteiger partial charge in [0.1, 0.15) is 5.78 Å². The highest BCUT2D eigenvalue weighted by Crippen LogP contribution is 2.40. The van der Waals surface area contributed by atoms with Crippen molar-refractivity contribution in [2.45, 2.75) is 12.2 Å². The predicted octanol–water partition coefficient (Wildman–Crippen LogP) is 2.90. The third-order valence-corrected chi connectivity index (χ3v) is 4.31. The fourth-order valence-electron chi connectivity index (χ4n) is 1.76. The lowest BCUT2D eigenvalue weighted by atomic mass is 9.96. The highest BCUT2D eigenvalue weighted by molar-refractivity contribution is 8.00. The van der Waals surface area contributed by atoms with Crippen LogP contribution in [0.1, 0.15) is 17.7 Å². The summed E-state index contributed by atoms with van der Waals surface area (Å²) in [5, 5.41) is 0.452. The van der Waals surface area contributed by atoms with E-state index in [0.29, 0.717) is 10.8 Å². The Labute approximate surface area is 103 Å². The first kappa shape index (κ1) is 11.7. The Kier molecular flexibility index (Phi) is 3.36. The van der Waals surface area contributed by atoms with Gasteiger partial charge in [-0.05, 0) is 24.6 Å². The van der Waals surface area contributed by atoms with Crippen LogP contribution in [-0.2, 0) is 9.59 Å². The largest absolute Gasteiger partial charge is 0.299 e. The normalized spacial score (nSPS) is 24.8. The summed E-state index contributed by atoms with van der Waals surface area (Å²) in [6, 6.07) is 7.23. The molecule has 2 unspecified atom stereocenters. The molecule has 2 rings (SSSR count). The summed E-state index contributed by atoms with van der Waals surface area (Å²) in [5.74, 6) is 0.168. The molecule has 0 spiro atoms. The first-order valence-corrected chi connectivity index (χ1v) is 6.43. The molecule has 1 aliphatic rings. The summed E-state index contributed by atoms with van der Waals surface area (Å²) in [7, 11) is 0. The Morgan fingerprint density at radius 3 is 2.50 bits per heavy atom. The number of hydrogen-bond acceptors (Lipinski definition) is 3. The zero-order chi connectivity index (χ0) is 11.7. The molecule has 0 radical (unpaired) electrons. The molecule has 1 saturated heterocycles. The van der Waals surface area contributed by atoms with Crippen LogP contribution in [0.3, 0.4) is 0 Å². The zero-order valence-electron chi connectivity index (χ0n) is 8.77. The van der Waals surface area contributed by atoms with E-state index in [1.165, 1.54) is 18.7 Å². The number of halogens is 1. The van der Waals surface area contributed by atoms with Gasteiger partial charge >= 0.3 is 0 Å². The van der Waals surface area contributed by atoms with Gasteiger partial charge in [-0.3, -0.25) is 9.59 Å². The second kappa shape index (κ2) is 4.60. The Hall–Kier alpha value is -0.800. The van der Waals surface area contributed by atoms with Crippen LogP contribution in [0.25, 0.3) is 0 Å². The monoisotopic (exact) mass is 254 g/mol. The van der Waals surface area contributed by atoms with Gasteiger partial charge in [0.15, 0.2) is 5.78 Å². The molecule has 1 aromatic rings. The molecular weight excluding hydrogens is 244 g/mol. The summed E-state index contributed by atoms with van der Waals surface area (Å²) >= 11 is 7.32. The maximum atomic E-state index is 12.0. The van der Waals surface area contributed by atoms with Crippen LogP contribution in [0.2, 0.25) is 5.02 Å². The molecule has 1 fully saturated rings. The van der Waals surface area contributed by atoms with Gasteiger partial charge in [-0.15, -0.1) is 11.8 Å². The number of hydrogen-bond donors (Lipinski definition) is 0. The van der Waals surface area contributed by atoms with Gasteiger partial charge in [0.25, 0.3) is 0 Å². The number of ketones is 2. The molecule has 0 aliphatic carbocycles. The SMILES string of the molecule is CC(=O)C1CSC(c2ccc(Cl)cc2)C1=O. The van der Waals surface area contributed by atoms with Crippen LogP contribution in [0.4, 0.5) is 0 Å². The van der Waals surface area contributed by atoms with E-state index in [4.69, 9.17) is 11.6 Å². The molecule has 1 aliphatic heterocycles. The first-order valence-electron chi connectivity index (χ1n) is 5.01. The summed E-state index contributed by atoms with van der Waals surface area (Å²) < 4.78 is 0. The van der Waals surface area contributed by atoms with E-state index >= 15 is 0 Å². The van der Waals surface area contributed by atoms with Gasteiger partial charge in [-0.2, -0.15) is 0 Å². The average molecular weight is 255 g/mol. The van der Waals surface area contributed by atoms with Crippen molar-refractivity contribution in [1.29, 1.82) is 0 Å². The fourth-order valence-corrected chi connectivity index (χ4v) is 3.34. The van der Waals surface area contributed by atoms with E-state index < -0.39 is 5.92 Å². The molecule has 16 heavy (non-hydrogen) atoms. The van der Waals surface area contributed by atoms with Gasteiger partial charge in [0, 0.05) is 10.8 Å². The Morgan fingerprint density at radius 1 is 1.38 bits per heavy atom. The quantitative estimate of drug-likeness (QED) is 0.761. The third kappa shape index (κ3) is 2.15. The first-order chi connectivity index (χ1) is 7.59. The predicted molar refractivity (Wildman–Crippen MR) is 65.8 cm³/mol. The summed E-state index contributed by atoms with van der Waals surface area (Å²) in [6.45, 7) is 1.48. The van der Waals surface area contributed by atoms with Gasteiger partial charge in [-0.1, -0.05) is 23.7 Å². The highest BCUT2D eigenvalue weighted by atomic mass is 35.5. The molecule has 0 aromatic heterocycles. The molecular formula is C12H11ClO2S. The number of rotatable bonds is 2. The molecule has 84 valence electrons. The summed E-state index contributed by atoms with van der Waals surface area (Å²) in [4.78, 5) is 23.2. The molecule has 1 heterocycles. The highest BCUT2D eigenvalue weighted by Gasteiger charge is 2.38. The topological polar surface area (TPSA) is 34.1 Å². The molecule has 2 nitrogen and oxygen atoms in total. The standard InChI is InChI=1S/C12H11ClO2S/c1-7(14)10-6-16-12(11(10)15)8-2-4-9(13)5-3-8/h2-5,10,12H,6H2,1H3. The molecule has 4 heteroatoms. The molecule has 0 saturated carbocycles. The molecule has 2 atom stereocenters. The van der Waals surface area contributed by atoms with Crippen molar-refractivity contribution in [3.63, 3.8) is 0 Å². The third-order valence-electron chi connectivity index (χ3n) is 2.69. The summed E-state index contributed by atoms with van der Waals surface area (Å²) in [5.41, 5.74) is 0.933. The van der Waals surface area contributed by atoms with E-state index in [0.717, 1.165) is 5.56 Å². The van der Waals surface area contributed by atoms with Crippen LogP contribution in [0.5, 0.6) is 0 Å². The number of benzene rings is 1. The lowest BCUT2D eigenvalue weighted by Gasteiger charge is -2.08. The molecule has 0 bridgehead atoms. The van der Waals surface area contributed by atoms with Gasteiger partial charge in [-0.25, -0.2) is 0 Å². The number of thioether (sulfide) groups is 1. The minimum atomic E-state index is -0.425. The van der Waals surface area contributed by atoms with E-state index in [9.17, 15) is 9.59 Å². The van der Waals surface area contributed by atoms with Crippen molar-refractivity contribution in [3.05, 3.63) is 34.9 Å². The van der Waals surface area contributed by atoms with Crippen molar-refractivity contribution in [2.75, 3.05) is 5.75 Å². The smallest absolute Gasteiger partial charge is 0.161 e. The van der Waals surface area contributed by atoms with E-state index in [-0.39, 0.29) is 16.8 Å². The fraction of sp³-hybridized carbons (Fsp3) is 0.333. The van der Waals surface area contributed by atoms with E-state index in [2.05, 4.69) is 0 Å². The average Bonchev–Trinajstić information content (AvgIpc) is 2.61. The lowest BCUT2D eigenvalue weighted by Crippen LogP contribution is -2.20. The maximum absolute atomic E-state index is 12.0. The lowest BCUT2D eigenvalue weighted by molar-refractivity contribution is -0.129. The molecule has 0 amide bonds. The van der Waals surface area contributed by atoms with E-state index in [1.807, 2.05) is 12.1 Å². The van der Waals surface area contributed by atoms with Crippen LogP contribution in [0, 0.1) is 5.92 Å². The molecule has 0 N–H and O–H groups in total. The van der Waals surface area contributed by atoms with Crippen LogP contribution < -0.4 is 0 Å². The van der Waals surface area contributed by atoms with Crippen LogP contribution in [-0.4, -0.2) is 17.3 Å². The number of Topliss-reactive ketones (excluding diaryl/α,β-unsaturated/α-hetero) is 2. The second-order valence-corrected chi connectivity index (χ2v) is 5.41. The van der Waals surface area contributed by atoms with Crippen LogP contribution >= 0.6 is 23.4 Å². The Bertz CT molecular complexity index is 427. The van der Waals surface area contributed by atoms with Crippen molar-refractivity contribution >= 4 is 34.9 Å². The molecule has 1 aromatic carbocycles. The minimum absolute atomic E-state index is 0.0276. The number of carbonyl (C=O) groups excluding carboxylic acids is 2. The Morgan fingerprint density at radius 2 is 2.00 bits per heavy atom. The number of carbonyl (C=O) groups is 2. The van der Waals surface area contributed by atoms with Crippen molar-refractivity contribution in [3.8, 4) is 0 Å². The van der Waals surface area contributed by atoms with Gasteiger partial charge in [0.2, 0.25) is 0 Å². The van der Waals surface area contributed by atoms with Crippen molar-refractivity contribution in [1.82, 2.24) is 0 Å². The van der Waals surface area contributed by atoms with Gasteiger partial charge < -0.3 is 0 Å². The second-order valence-electron chi connectivity index (χ2n) is 3.83. The Balaban J connectivity index is 2.21. The maximum Gasteiger partial charge on any atom is 0.161 e. The zero-order valence-corrected chi connectivity index (χ0v) is 10.3. The summed E-state index contributed by atoms with van der Waals surface area (Å²) in [6.07, 6.45) is 0. The van der Waals surface area contributed by atoms with E-state index in [1.54, 1.807) is 12.1 Å².